The van der Waals surface area contributed by atoms with Crippen molar-refractivity contribution in [2.75, 3.05) is 0 Å². The molecule has 1 aliphatic carbocycles. The number of aryl methyl sites for hydroxylation is 1. The van der Waals surface area contributed by atoms with E-state index in [-0.39, 0.29) is 5.91 Å². The molecule has 1 aliphatic rings. The average molecular weight is 247 g/mol. The van der Waals surface area contributed by atoms with Gasteiger partial charge in [-0.1, -0.05) is 19.3 Å². The van der Waals surface area contributed by atoms with Gasteiger partial charge in [-0.05, 0) is 30.9 Å². The lowest BCUT2D eigenvalue weighted by Crippen LogP contribution is -2.22. The van der Waals surface area contributed by atoms with Gasteiger partial charge in [0.2, 0.25) is 5.91 Å². The number of carbonyl (C=O) groups excluding carboxylic acids is 1. The van der Waals surface area contributed by atoms with Gasteiger partial charge in [-0.25, -0.2) is 5.43 Å². The van der Waals surface area contributed by atoms with E-state index in [2.05, 4.69) is 10.5 Å². The lowest BCUT2D eigenvalue weighted by atomic mass is 9.87. The number of hydrogen-bond donors (Lipinski definition) is 1. The molecular formula is C14H21N3O. The molecule has 0 spiro atoms. The van der Waals surface area contributed by atoms with E-state index in [9.17, 15) is 4.79 Å². The smallest absolute Gasteiger partial charge is 0.240 e. The van der Waals surface area contributed by atoms with Crippen molar-refractivity contribution in [1.29, 1.82) is 0 Å². The van der Waals surface area contributed by atoms with Crippen LogP contribution in [0.5, 0.6) is 0 Å². The summed E-state index contributed by atoms with van der Waals surface area (Å²) in [5.41, 5.74) is 3.59. The fraction of sp³-hybridized carbons (Fsp3) is 0.571. The Labute approximate surface area is 108 Å². The lowest BCUT2D eigenvalue weighted by Gasteiger charge is -2.20. The third-order valence-corrected chi connectivity index (χ3v) is 3.57. The Hall–Kier alpha value is -1.58. The van der Waals surface area contributed by atoms with Crippen molar-refractivity contribution in [2.24, 2.45) is 18.1 Å². The van der Waals surface area contributed by atoms with Crippen molar-refractivity contribution in [1.82, 2.24) is 9.99 Å². The van der Waals surface area contributed by atoms with Crippen molar-refractivity contribution in [3.63, 3.8) is 0 Å². The second-order valence-electron chi connectivity index (χ2n) is 5.05. The molecule has 4 heteroatoms. The minimum atomic E-state index is 0.0346. The van der Waals surface area contributed by atoms with Crippen LogP contribution in [-0.4, -0.2) is 16.7 Å². The van der Waals surface area contributed by atoms with Crippen LogP contribution in [0.4, 0.5) is 0 Å². The summed E-state index contributed by atoms with van der Waals surface area (Å²) in [7, 11) is 1.95. The quantitative estimate of drug-likeness (QED) is 0.644. The zero-order valence-electron chi connectivity index (χ0n) is 10.9. The molecule has 0 saturated heterocycles. The SMILES string of the molecule is Cn1cccc1C=NNC(=O)CC1CCCCC1. The molecule has 1 fully saturated rings. The van der Waals surface area contributed by atoms with Gasteiger partial charge in [0.05, 0.1) is 11.9 Å². The molecule has 18 heavy (non-hydrogen) atoms. The second kappa shape index (κ2) is 6.38. The van der Waals surface area contributed by atoms with Gasteiger partial charge in [0.25, 0.3) is 0 Å². The Morgan fingerprint density at radius 3 is 2.94 bits per heavy atom. The summed E-state index contributed by atoms with van der Waals surface area (Å²) in [6.45, 7) is 0. The zero-order chi connectivity index (χ0) is 12.8. The molecule has 0 radical (unpaired) electrons. The monoisotopic (exact) mass is 247 g/mol. The maximum atomic E-state index is 11.7. The van der Waals surface area contributed by atoms with E-state index in [0.717, 1.165) is 5.69 Å². The summed E-state index contributed by atoms with van der Waals surface area (Å²) in [4.78, 5) is 11.7. The van der Waals surface area contributed by atoms with Gasteiger partial charge in [0.1, 0.15) is 0 Å². The molecule has 4 nitrogen and oxygen atoms in total. The van der Waals surface area contributed by atoms with Crippen LogP contribution >= 0.6 is 0 Å². The first-order valence-corrected chi connectivity index (χ1v) is 6.69. The number of carbonyl (C=O) groups is 1. The van der Waals surface area contributed by atoms with Crippen LogP contribution in [0.1, 0.15) is 44.2 Å². The molecule has 2 rings (SSSR count). The maximum Gasteiger partial charge on any atom is 0.240 e. The highest BCUT2D eigenvalue weighted by atomic mass is 16.2. The fourth-order valence-corrected chi connectivity index (χ4v) is 2.48. The molecular weight excluding hydrogens is 226 g/mol. The number of hydrazone groups is 1. The Kier molecular flexibility index (Phi) is 4.56. The van der Waals surface area contributed by atoms with Crippen LogP contribution in [0.25, 0.3) is 0 Å². The summed E-state index contributed by atoms with van der Waals surface area (Å²) >= 11 is 0. The van der Waals surface area contributed by atoms with E-state index in [1.807, 2.05) is 29.9 Å². The normalized spacial score (nSPS) is 17.2. The fourth-order valence-electron chi connectivity index (χ4n) is 2.48. The molecule has 1 aromatic rings. The van der Waals surface area contributed by atoms with Crippen molar-refractivity contribution >= 4 is 12.1 Å². The molecule has 0 aliphatic heterocycles. The van der Waals surface area contributed by atoms with Gasteiger partial charge in [0.15, 0.2) is 0 Å². The van der Waals surface area contributed by atoms with E-state index in [1.54, 1.807) is 6.21 Å². The first-order valence-electron chi connectivity index (χ1n) is 6.69. The van der Waals surface area contributed by atoms with Crippen molar-refractivity contribution in [2.45, 2.75) is 38.5 Å². The second-order valence-corrected chi connectivity index (χ2v) is 5.05. The van der Waals surface area contributed by atoms with Crippen LogP contribution in [0.15, 0.2) is 23.4 Å². The molecule has 0 unspecified atom stereocenters. The molecule has 1 aromatic heterocycles. The van der Waals surface area contributed by atoms with Crippen LogP contribution in [0.3, 0.4) is 0 Å². The van der Waals surface area contributed by atoms with Crippen LogP contribution in [-0.2, 0) is 11.8 Å². The highest BCUT2D eigenvalue weighted by Gasteiger charge is 2.16. The summed E-state index contributed by atoms with van der Waals surface area (Å²) in [5.74, 6) is 0.594. The Balaban J connectivity index is 1.74. The molecule has 1 amide bonds. The Morgan fingerprint density at radius 1 is 1.50 bits per heavy atom. The van der Waals surface area contributed by atoms with E-state index in [1.165, 1.54) is 32.1 Å². The van der Waals surface area contributed by atoms with E-state index < -0.39 is 0 Å². The minimum Gasteiger partial charge on any atom is -0.350 e. The van der Waals surface area contributed by atoms with Crippen LogP contribution < -0.4 is 5.43 Å². The minimum absolute atomic E-state index is 0.0346. The van der Waals surface area contributed by atoms with Crippen molar-refractivity contribution in [3.05, 3.63) is 24.0 Å². The number of hydrogen-bond acceptors (Lipinski definition) is 2. The maximum absolute atomic E-state index is 11.7. The Morgan fingerprint density at radius 2 is 2.28 bits per heavy atom. The topological polar surface area (TPSA) is 46.4 Å². The van der Waals surface area contributed by atoms with Gasteiger partial charge in [-0.2, -0.15) is 5.10 Å². The lowest BCUT2D eigenvalue weighted by molar-refractivity contribution is -0.122. The van der Waals surface area contributed by atoms with Crippen LogP contribution in [0.2, 0.25) is 0 Å². The molecule has 0 atom stereocenters. The third kappa shape index (κ3) is 3.72. The van der Waals surface area contributed by atoms with Gasteiger partial charge >= 0.3 is 0 Å². The number of nitrogens with zero attached hydrogens (tertiary/aromatic N) is 2. The van der Waals surface area contributed by atoms with Crippen molar-refractivity contribution < 1.29 is 4.79 Å². The number of nitrogens with one attached hydrogen (secondary N) is 1. The zero-order valence-corrected chi connectivity index (χ0v) is 10.9. The van der Waals surface area contributed by atoms with Gasteiger partial charge < -0.3 is 4.57 Å². The summed E-state index contributed by atoms with van der Waals surface area (Å²) in [6, 6.07) is 3.90. The highest BCUT2D eigenvalue weighted by Crippen LogP contribution is 2.25. The summed E-state index contributed by atoms with van der Waals surface area (Å²) < 4.78 is 1.96. The largest absolute Gasteiger partial charge is 0.350 e. The predicted molar refractivity (Wildman–Crippen MR) is 72.3 cm³/mol. The molecule has 1 saturated carbocycles. The van der Waals surface area contributed by atoms with Crippen LogP contribution in [0, 0.1) is 5.92 Å². The molecule has 98 valence electrons. The first-order chi connectivity index (χ1) is 8.75. The first kappa shape index (κ1) is 12.9. The van der Waals surface area contributed by atoms with E-state index in [4.69, 9.17) is 0 Å². The van der Waals surface area contributed by atoms with E-state index in [0.29, 0.717) is 12.3 Å². The predicted octanol–water partition coefficient (Wildman–Crippen LogP) is 2.45. The molecule has 1 heterocycles. The molecule has 0 bridgehead atoms. The Bertz CT molecular complexity index is 416. The average Bonchev–Trinajstić information content (AvgIpc) is 2.76. The van der Waals surface area contributed by atoms with Gasteiger partial charge in [-0.15, -0.1) is 0 Å². The standard InChI is InChI=1S/C14H21N3O/c1-17-9-5-8-13(17)11-15-16-14(18)10-12-6-3-2-4-7-12/h5,8-9,11-12H,2-4,6-7,10H2,1H3,(H,16,18). The number of aromatic nitrogens is 1. The van der Waals surface area contributed by atoms with Gasteiger partial charge in [0, 0.05) is 19.7 Å². The van der Waals surface area contributed by atoms with E-state index >= 15 is 0 Å². The molecule has 0 aromatic carbocycles. The third-order valence-electron chi connectivity index (χ3n) is 3.57. The number of amides is 1. The molecule has 1 N–H and O–H groups in total. The summed E-state index contributed by atoms with van der Waals surface area (Å²) in [6.07, 6.45) is 10.5. The number of rotatable bonds is 4. The van der Waals surface area contributed by atoms with Gasteiger partial charge in [-0.3, -0.25) is 4.79 Å². The van der Waals surface area contributed by atoms with Crippen molar-refractivity contribution in [3.8, 4) is 0 Å². The highest BCUT2D eigenvalue weighted by molar-refractivity contribution is 5.81. The summed E-state index contributed by atoms with van der Waals surface area (Å²) in [5, 5.41) is 3.99.